The van der Waals surface area contributed by atoms with E-state index in [2.05, 4.69) is 11.9 Å². The molecule has 1 amide bonds. The molecule has 0 heterocycles. The summed E-state index contributed by atoms with van der Waals surface area (Å²) in [5, 5.41) is 10.8. The van der Waals surface area contributed by atoms with Gasteiger partial charge in [0.2, 0.25) is 5.91 Å². The number of carboxylic acids is 1. The molecular weight excluding hydrogens is 201 g/mol. The molecule has 0 fully saturated rings. The predicted octanol–water partition coefficient (Wildman–Crippen LogP) is 1.65. The highest BCUT2D eigenvalue weighted by Crippen LogP contribution is 2.19. The molecule has 1 aromatic carbocycles. The number of hydrogen-bond donors (Lipinski definition) is 2. The second-order valence-electron chi connectivity index (χ2n) is 2.66. The van der Waals surface area contributed by atoms with Crippen LogP contribution in [0.2, 0.25) is 0 Å². The van der Waals surface area contributed by atoms with Crippen LogP contribution in [0.15, 0.2) is 30.9 Å². The summed E-state index contributed by atoms with van der Waals surface area (Å²) in [5.41, 5.74) is -0.653. The molecule has 78 valence electrons. The van der Waals surface area contributed by atoms with Gasteiger partial charge in [0.1, 0.15) is 5.82 Å². The fourth-order valence-corrected chi connectivity index (χ4v) is 1.00. The van der Waals surface area contributed by atoms with Gasteiger partial charge in [-0.25, -0.2) is 9.18 Å². The van der Waals surface area contributed by atoms with Crippen molar-refractivity contribution < 1.29 is 19.1 Å². The lowest BCUT2D eigenvalue weighted by Gasteiger charge is -2.07. The molecule has 1 rings (SSSR count). The smallest absolute Gasteiger partial charge is 0.337 e. The van der Waals surface area contributed by atoms with Crippen molar-refractivity contribution in [3.05, 3.63) is 42.2 Å². The number of benzene rings is 1. The first-order chi connectivity index (χ1) is 7.06. The number of halogens is 1. The quantitative estimate of drug-likeness (QED) is 0.744. The monoisotopic (exact) mass is 209 g/mol. The summed E-state index contributed by atoms with van der Waals surface area (Å²) in [6.07, 6.45) is 0.929. The summed E-state index contributed by atoms with van der Waals surface area (Å²) < 4.78 is 13.2. The SMILES string of the molecule is C=CC(=O)Nc1c(F)cccc1C(=O)O. The molecule has 0 aliphatic carbocycles. The van der Waals surface area contributed by atoms with Gasteiger partial charge in [-0.1, -0.05) is 12.6 Å². The van der Waals surface area contributed by atoms with E-state index in [9.17, 15) is 14.0 Å². The standard InChI is InChI=1S/C10H8FNO3/c1-2-8(13)12-9-6(10(14)15)4-3-5-7(9)11/h2-5H,1H2,(H,12,13)(H,14,15). The topological polar surface area (TPSA) is 66.4 Å². The molecule has 2 N–H and O–H groups in total. The van der Waals surface area contributed by atoms with Crippen molar-refractivity contribution in [1.29, 1.82) is 0 Å². The van der Waals surface area contributed by atoms with Crippen LogP contribution in [0.1, 0.15) is 10.4 Å². The lowest BCUT2D eigenvalue weighted by atomic mass is 10.1. The van der Waals surface area contributed by atoms with Crippen molar-refractivity contribution >= 4 is 17.6 Å². The lowest BCUT2D eigenvalue weighted by Crippen LogP contribution is -2.13. The molecule has 1 aromatic rings. The van der Waals surface area contributed by atoms with Crippen molar-refractivity contribution in [3.8, 4) is 0 Å². The molecule has 0 aliphatic heterocycles. The van der Waals surface area contributed by atoms with Crippen molar-refractivity contribution in [2.45, 2.75) is 0 Å². The number of carbonyl (C=O) groups is 2. The van der Waals surface area contributed by atoms with Crippen molar-refractivity contribution in [3.63, 3.8) is 0 Å². The van der Waals surface area contributed by atoms with Gasteiger partial charge in [-0.05, 0) is 18.2 Å². The van der Waals surface area contributed by atoms with Crippen LogP contribution in [0.25, 0.3) is 0 Å². The summed E-state index contributed by atoms with van der Waals surface area (Å²) >= 11 is 0. The number of nitrogens with one attached hydrogen (secondary N) is 1. The molecule has 0 spiro atoms. The molecule has 0 bridgehead atoms. The highest BCUT2D eigenvalue weighted by atomic mass is 19.1. The minimum atomic E-state index is -1.31. The summed E-state index contributed by atoms with van der Waals surface area (Å²) in [6.45, 7) is 3.18. The molecule has 0 unspecified atom stereocenters. The highest BCUT2D eigenvalue weighted by Gasteiger charge is 2.14. The van der Waals surface area contributed by atoms with E-state index in [1.165, 1.54) is 12.1 Å². The number of anilines is 1. The first-order valence-electron chi connectivity index (χ1n) is 4.01. The van der Waals surface area contributed by atoms with Crippen molar-refractivity contribution in [2.75, 3.05) is 5.32 Å². The summed E-state index contributed by atoms with van der Waals surface area (Å²) in [6, 6.07) is 3.51. The van der Waals surface area contributed by atoms with E-state index in [1.54, 1.807) is 0 Å². The molecule has 0 saturated heterocycles. The zero-order chi connectivity index (χ0) is 11.4. The highest BCUT2D eigenvalue weighted by molar-refractivity contribution is 6.04. The normalized spacial score (nSPS) is 9.40. The Bertz CT molecular complexity index is 429. The number of hydrogen-bond acceptors (Lipinski definition) is 2. The van der Waals surface area contributed by atoms with Gasteiger partial charge in [0, 0.05) is 0 Å². The third-order valence-electron chi connectivity index (χ3n) is 1.68. The average Bonchev–Trinajstić information content (AvgIpc) is 2.20. The fraction of sp³-hybridized carbons (Fsp3) is 0. The van der Waals surface area contributed by atoms with Crippen LogP contribution >= 0.6 is 0 Å². The van der Waals surface area contributed by atoms with Gasteiger partial charge in [0.25, 0.3) is 0 Å². The minimum Gasteiger partial charge on any atom is -0.478 e. The Balaban J connectivity index is 3.18. The van der Waals surface area contributed by atoms with Crippen molar-refractivity contribution in [1.82, 2.24) is 0 Å². The molecule has 0 atom stereocenters. The second-order valence-corrected chi connectivity index (χ2v) is 2.66. The van der Waals surface area contributed by atoms with Crippen LogP contribution < -0.4 is 5.32 Å². The van der Waals surface area contributed by atoms with E-state index < -0.39 is 17.7 Å². The minimum absolute atomic E-state index is 0.301. The number of rotatable bonds is 3. The van der Waals surface area contributed by atoms with Crippen LogP contribution in [0, 0.1) is 5.82 Å². The Morgan fingerprint density at radius 1 is 1.47 bits per heavy atom. The van der Waals surface area contributed by atoms with Gasteiger partial charge in [-0.2, -0.15) is 0 Å². The summed E-state index contributed by atoms with van der Waals surface area (Å²) in [7, 11) is 0. The van der Waals surface area contributed by atoms with E-state index in [4.69, 9.17) is 5.11 Å². The maximum atomic E-state index is 13.2. The summed E-state index contributed by atoms with van der Waals surface area (Å²) in [4.78, 5) is 21.6. The first kappa shape index (κ1) is 10.9. The average molecular weight is 209 g/mol. The molecule has 4 nitrogen and oxygen atoms in total. The molecule has 0 radical (unpaired) electrons. The van der Waals surface area contributed by atoms with Crippen LogP contribution in [0.3, 0.4) is 0 Å². The van der Waals surface area contributed by atoms with Crippen LogP contribution in [0.5, 0.6) is 0 Å². The van der Waals surface area contributed by atoms with Crippen LogP contribution in [0.4, 0.5) is 10.1 Å². The third kappa shape index (κ3) is 2.40. The largest absolute Gasteiger partial charge is 0.478 e. The van der Waals surface area contributed by atoms with Gasteiger partial charge >= 0.3 is 5.97 Å². The predicted molar refractivity (Wildman–Crippen MR) is 52.2 cm³/mol. The Hall–Kier alpha value is -2.17. The van der Waals surface area contributed by atoms with Gasteiger partial charge in [0.05, 0.1) is 11.3 Å². The second kappa shape index (κ2) is 4.36. The Morgan fingerprint density at radius 3 is 2.67 bits per heavy atom. The molecule has 0 aromatic heterocycles. The van der Waals surface area contributed by atoms with Gasteiger partial charge in [-0.15, -0.1) is 0 Å². The molecular formula is C10H8FNO3. The third-order valence-corrected chi connectivity index (χ3v) is 1.68. The fourth-order valence-electron chi connectivity index (χ4n) is 1.00. The maximum Gasteiger partial charge on any atom is 0.337 e. The number of carbonyl (C=O) groups excluding carboxylic acids is 1. The number of para-hydroxylation sites is 1. The number of aromatic carboxylic acids is 1. The van der Waals surface area contributed by atoms with E-state index in [0.29, 0.717) is 0 Å². The Kier molecular flexibility index (Phi) is 3.17. The Labute approximate surface area is 85.0 Å². The van der Waals surface area contributed by atoms with Crippen molar-refractivity contribution in [2.24, 2.45) is 0 Å². The van der Waals surface area contributed by atoms with Crippen LogP contribution in [-0.2, 0) is 4.79 Å². The van der Waals surface area contributed by atoms with Gasteiger partial charge < -0.3 is 10.4 Å². The number of amides is 1. The first-order valence-corrected chi connectivity index (χ1v) is 4.01. The lowest BCUT2D eigenvalue weighted by molar-refractivity contribution is -0.111. The molecule has 15 heavy (non-hydrogen) atoms. The zero-order valence-electron chi connectivity index (χ0n) is 7.66. The van der Waals surface area contributed by atoms with E-state index in [-0.39, 0.29) is 11.3 Å². The van der Waals surface area contributed by atoms with E-state index >= 15 is 0 Å². The van der Waals surface area contributed by atoms with Gasteiger partial charge in [-0.3, -0.25) is 4.79 Å². The molecule has 5 heteroatoms. The Morgan fingerprint density at radius 2 is 2.13 bits per heavy atom. The maximum absolute atomic E-state index is 13.2. The summed E-state index contributed by atoms with van der Waals surface area (Å²) in [5.74, 6) is -2.78. The molecule has 0 aliphatic rings. The van der Waals surface area contributed by atoms with Crippen LogP contribution in [-0.4, -0.2) is 17.0 Å². The van der Waals surface area contributed by atoms with E-state index in [0.717, 1.165) is 12.1 Å². The van der Waals surface area contributed by atoms with E-state index in [1.807, 2.05) is 0 Å². The van der Waals surface area contributed by atoms with Gasteiger partial charge in [0.15, 0.2) is 0 Å². The number of carboxylic acid groups (broad SMARTS) is 1. The molecule has 0 saturated carbocycles. The zero-order valence-corrected chi connectivity index (χ0v) is 7.66.